The second-order valence-corrected chi connectivity index (χ2v) is 5.16. The summed E-state index contributed by atoms with van der Waals surface area (Å²) in [5.74, 6) is -0.918. The molecule has 20 heavy (non-hydrogen) atoms. The lowest BCUT2D eigenvalue weighted by atomic mass is 10.1. The van der Waals surface area contributed by atoms with E-state index in [-0.39, 0.29) is 12.7 Å². The fourth-order valence-electron chi connectivity index (χ4n) is 2.30. The summed E-state index contributed by atoms with van der Waals surface area (Å²) in [5, 5.41) is 9.93. The lowest BCUT2D eigenvalue weighted by Gasteiger charge is -2.29. The number of rotatable bonds is 4. The molecule has 1 aliphatic rings. The highest BCUT2D eigenvalue weighted by Crippen LogP contribution is 2.36. The van der Waals surface area contributed by atoms with E-state index in [1.165, 1.54) is 0 Å². The predicted octanol–water partition coefficient (Wildman–Crippen LogP) is 1.80. The Labute approximate surface area is 121 Å². The van der Waals surface area contributed by atoms with Crippen LogP contribution in [0.15, 0.2) is 43.0 Å². The largest absolute Gasteiger partial charge is 0.394 e. The van der Waals surface area contributed by atoms with Gasteiger partial charge in [-0.15, -0.1) is 0 Å². The summed E-state index contributed by atoms with van der Waals surface area (Å²) >= 11 is 5.93. The van der Waals surface area contributed by atoms with Gasteiger partial charge in [-0.2, -0.15) is 0 Å². The number of aliphatic hydroxyl groups is 1. The van der Waals surface area contributed by atoms with E-state index in [1.807, 2.05) is 22.9 Å². The zero-order chi connectivity index (χ0) is 14.0. The number of halogens is 1. The van der Waals surface area contributed by atoms with Gasteiger partial charge in [-0.25, -0.2) is 4.98 Å². The summed E-state index contributed by atoms with van der Waals surface area (Å²) in [6, 6.07) is 7.34. The van der Waals surface area contributed by atoms with Crippen LogP contribution < -0.4 is 0 Å². The van der Waals surface area contributed by atoms with E-state index in [0.717, 1.165) is 5.56 Å². The average Bonchev–Trinajstić information content (AvgIpc) is 3.10. The van der Waals surface area contributed by atoms with Gasteiger partial charge in [-0.05, 0) is 12.1 Å². The van der Waals surface area contributed by atoms with Crippen molar-refractivity contribution in [3.63, 3.8) is 0 Å². The zero-order valence-corrected chi connectivity index (χ0v) is 11.5. The van der Waals surface area contributed by atoms with Gasteiger partial charge in [-0.3, -0.25) is 0 Å². The minimum absolute atomic E-state index is 0.0702. The molecule has 6 heteroatoms. The third-order valence-electron chi connectivity index (χ3n) is 3.30. The highest BCUT2D eigenvalue weighted by atomic mass is 35.5. The molecule has 2 atom stereocenters. The van der Waals surface area contributed by atoms with Crippen LogP contribution in [0.1, 0.15) is 5.56 Å². The van der Waals surface area contributed by atoms with E-state index >= 15 is 0 Å². The van der Waals surface area contributed by atoms with Crippen molar-refractivity contribution in [1.82, 2.24) is 9.55 Å². The molecule has 3 rings (SSSR count). The number of nitrogens with zero attached hydrogens (tertiary/aromatic N) is 2. The minimum Gasteiger partial charge on any atom is -0.394 e. The second kappa shape index (κ2) is 5.54. The highest BCUT2D eigenvalue weighted by molar-refractivity contribution is 6.30. The Kier molecular flexibility index (Phi) is 3.76. The van der Waals surface area contributed by atoms with Gasteiger partial charge in [0.25, 0.3) is 0 Å². The molecule has 0 aliphatic carbocycles. The van der Waals surface area contributed by atoms with Crippen LogP contribution in [-0.4, -0.2) is 34.0 Å². The summed E-state index contributed by atoms with van der Waals surface area (Å²) in [4.78, 5) is 4.02. The molecule has 1 aromatic carbocycles. The van der Waals surface area contributed by atoms with Gasteiger partial charge in [0.15, 0.2) is 0 Å². The minimum atomic E-state index is -0.918. The summed E-state index contributed by atoms with van der Waals surface area (Å²) in [7, 11) is 0. The fraction of sp³-hybridized carbons (Fsp3) is 0.357. The molecule has 0 saturated carbocycles. The smallest absolute Gasteiger partial charge is 0.214 e. The normalized spacial score (nSPS) is 26.0. The average molecular weight is 295 g/mol. The molecule has 0 bridgehead atoms. The predicted molar refractivity (Wildman–Crippen MR) is 73.3 cm³/mol. The van der Waals surface area contributed by atoms with Gasteiger partial charge < -0.3 is 19.1 Å². The Bertz CT molecular complexity index is 558. The lowest BCUT2D eigenvalue weighted by molar-refractivity contribution is -0.190. The number of aliphatic hydroxyl groups excluding tert-OH is 1. The molecule has 0 amide bonds. The highest BCUT2D eigenvalue weighted by Gasteiger charge is 2.43. The number of imidazole rings is 1. The molecule has 1 saturated heterocycles. The number of aromatic nitrogens is 2. The zero-order valence-electron chi connectivity index (χ0n) is 10.8. The maximum absolute atomic E-state index is 9.27. The molecular weight excluding hydrogens is 280 g/mol. The molecule has 5 nitrogen and oxygen atoms in total. The van der Waals surface area contributed by atoms with E-state index in [4.69, 9.17) is 21.1 Å². The van der Waals surface area contributed by atoms with E-state index in [2.05, 4.69) is 4.98 Å². The van der Waals surface area contributed by atoms with Crippen molar-refractivity contribution in [3.05, 3.63) is 53.6 Å². The molecule has 2 unspecified atom stereocenters. The number of benzene rings is 1. The molecule has 1 aromatic heterocycles. The standard InChI is InChI=1S/C14H15ClN2O3/c15-12-3-1-11(2-4-12)14(9-17-6-5-16-10-17)19-8-13(7-18)20-14/h1-6,10,13,18H,7-9H2. The Hall–Kier alpha value is -1.40. The molecular formula is C14H15ClN2O3. The first-order valence-electron chi connectivity index (χ1n) is 6.36. The molecule has 0 spiro atoms. The van der Waals surface area contributed by atoms with Crippen molar-refractivity contribution in [3.8, 4) is 0 Å². The van der Waals surface area contributed by atoms with Gasteiger partial charge in [-0.1, -0.05) is 23.7 Å². The molecule has 2 aromatic rings. The number of hydrogen-bond acceptors (Lipinski definition) is 4. The van der Waals surface area contributed by atoms with Crippen LogP contribution in [0.3, 0.4) is 0 Å². The van der Waals surface area contributed by atoms with Crippen LogP contribution in [-0.2, 0) is 21.8 Å². The van der Waals surface area contributed by atoms with Crippen LogP contribution in [0.25, 0.3) is 0 Å². The summed E-state index contributed by atoms with van der Waals surface area (Å²) in [5.41, 5.74) is 0.867. The van der Waals surface area contributed by atoms with E-state index < -0.39 is 5.79 Å². The molecule has 1 aliphatic heterocycles. The van der Waals surface area contributed by atoms with Gasteiger partial charge in [0.2, 0.25) is 5.79 Å². The fourth-order valence-corrected chi connectivity index (χ4v) is 2.43. The van der Waals surface area contributed by atoms with Crippen molar-refractivity contribution in [2.24, 2.45) is 0 Å². The number of ether oxygens (including phenoxy) is 2. The van der Waals surface area contributed by atoms with Crippen LogP contribution in [0.4, 0.5) is 0 Å². The van der Waals surface area contributed by atoms with E-state index in [0.29, 0.717) is 18.2 Å². The maximum Gasteiger partial charge on any atom is 0.214 e. The maximum atomic E-state index is 9.27. The monoisotopic (exact) mass is 294 g/mol. The van der Waals surface area contributed by atoms with Crippen LogP contribution in [0, 0.1) is 0 Å². The second-order valence-electron chi connectivity index (χ2n) is 4.73. The van der Waals surface area contributed by atoms with Crippen molar-refractivity contribution in [1.29, 1.82) is 0 Å². The van der Waals surface area contributed by atoms with Gasteiger partial charge in [0, 0.05) is 23.0 Å². The molecule has 1 N–H and O–H groups in total. The van der Waals surface area contributed by atoms with E-state index in [9.17, 15) is 5.11 Å². The molecule has 1 fully saturated rings. The Morgan fingerprint density at radius 3 is 2.80 bits per heavy atom. The third-order valence-corrected chi connectivity index (χ3v) is 3.55. The first-order valence-corrected chi connectivity index (χ1v) is 6.74. The Morgan fingerprint density at radius 2 is 2.20 bits per heavy atom. The van der Waals surface area contributed by atoms with Crippen molar-refractivity contribution in [2.75, 3.05) is 13.2 Å². The first kappa shape index (κ1) is 13.6. The topological polar surface area (TPSA) is 56.5 Å². The molecule has 106 valence electrons. The van der Waals surface area contributed by atoms with Crippen molar-refractivity contribution in [2.45, 2.75) is 18.4 Å². The summed E-state index contributed by atoms with van der Waals surface area (Å²) in [6.07, 6.45) is 4.93. The van der Waals surface area contributed by atoms with Gasteiger partial charge >= 0.3 is 0 Å². The quantitative estimate of drug-likeness (QED) is 0.934. The molecule has 2 heterocycles. The van der Waals surface area contributed by atoms with Gasteiger partial charge in [0.05, 0.1) is 26.1 Å². The third kappa shape index (κ3) is 2.58. The van der Waals surface area contributed by atoms with Gasteiger partial charge in [0.1, 0.15) is 6.10 Å². The lowest BCUT2D eigenvalue weighted by Crippen LogP contribution is -2.33. The van der Waals surface area contributed by atoms with Crippen molar-refractivity contribution < 1.29 is 14.6 Å². The van der Waals surface area contributed by atoms with Crippen LogP contribution in [0.5, 0.6) is 0 Å². The first-order chi connectivity index (χ1) is 9.72. The Morgan fingerprint density at radius 1 is 1.40 bits per heavy atom. The SMILES string of the molecule is OCC1COC(Cn2ccnc2)(c2ccc(Cl)cc2)O1. The number of hydrogen-bond donors (Lipinski definition) is 1. The van der Waals surface area contributed by atoms with Crippen LogP contribution >= 0.6 is 11.6 Å². The Balaban J connectivity index is 1.93. The molecule has 0 radical (unpaired) electrons. The van der Waals surface area contributed by atoms with Crippen molar-refractivity contribution >= 4 is 11.6 Å². The van der Waals surface area contributed by atoms with E-state index in [1.54, 1.807) is 24.7 Å². The van der Waals surface area contributed by atoms with Crippen LogP contribution in [0.2, 0.25) is 5.02 Å². The summed E-state index contributed by atoms with van der Waals surface area (Å²) < 4.78 is 13.7. The summed E-state index contributed by atoms with van der Waals surface area (Å²) in [6.45, 7) is 0.748.